The highest BCUT2D eigenvalue weighted by Crippen LogP contribution is 2.21. The molecule has 0 saturated carbocycles. The maximum atomic E-state index is 3.81. The number of hydrogen-bond acceptors (Lipinski definition) is 1. The molecule has 1 rings (SSSR count). The van der Waals surface area contributed by atoms with Crippen molar-refractivity contribution in [3.8, 4) is 0 Å². The fourth-order valence-electron chi connectivity index (χ4n) is 3.12. The quantitative estimate of drug-likeness (QED) is 0.625. The van der Waals surface area contributed by atoms with Crippen LogP contribution in [0.2, 0.25) is 0 Å². The van der Waals surface area contributed by atoms with E-state index in [1.165, 1.54) is 49.7 Å². The Hall–Kier alpha value is -0.820. The van der Waals surface area contributed by atoms with Crippen LogP contribution in [0.15, 0.2) is 24.3 Å². The second-order valence-corrected chi connectivity index (χ2v) is 6.09. The monoisotopic (exact) mass is 275 g/mol. The topological polar surface area (TPSA) is 12.0 Å². The molecule has 1 aromatic rings. The van der Waals surface area contributed by atoms with E-state index in [2.05, 4.69) is 57.3 Å². The molecule has 0 heterocycles. The Labute approximate surface area is 126 Å². The van der Waals surface area contributed by atoms with Crippen LogP contribution in [0.5, 0.6) is 0 Å². The molecule has 0 aliphatic rings. The molecule has 1 heteroatoms. The minimum atomic E-state index is 0.636. The third kappa shape index (κ3) is 6.09. The maximum absolute atomic E-state index is 3.81. The molecule has 0 saturated heterocycles. The zero-order valence-electron chi connectivity index (χ0n) is 13.9. The van der Waals surface area contributed by atoms with Gasteiger partial charge in [-0.15, -0.1) is 0 Å². The summed E-state index contributed by atoms with van der Waals surface area (Å²) in [7, 11) is 0. The second kappa shape index (κ2) is 9.99. The molecule has 0 spiro atoms. The van der Waals surface area contributed by atoms with Gasteiger partial charge in [0.05, 0.1) is 0 Å². The molecule has 1 atom stereocenters. The van der Waals surface area contributed by atoms with Gasteiger partial charge in [-0.05, 0) is 50.6 Å². The molecule has 1 aromatic carbocycles. The lowest BCUT2D eigenvalue weighted by Gasteiger charge is -2.28. The van der Waals surface area contributed by atoms with E-state index in [0.29, 0.717) is 6.04 Å². The summed E-state index contributed by atoms with van der Waals surface area (Å²) in [5.74, 6) is 0.817. The number of hydrogen-bond donors (Lipinski definition) is 1. The first-order valence-corrected chi connectivity index (χ1v) is 8.50. The van der Waals surface area contributed by atoms with E-state index in [0.717, 1.165) is 12.5 Å². The van der Waals surface area contributed by atoms with Crippen LogP contribution in [0.4, 0.5) is 0 Å². The number of rotatable bonds is 10. The van der Waals surface area contributed by atoms with Gasteiger partial charge in [0.2, 0.25) is 0 Å². The fraction of sp³-hybridized carbons (Fsp3) is 0.684. The van der Waals surface area contributed by atoms with Crippen LogP contribution < -0.4 is 5.32 Å². The zero-order chi connectivity index (χ0) is 14.8. The van der Waals surface area contributed by atoms with Crippen molar-refractivity contribution >= 4 is 0 Å². The van der Waals surface area contributed by atoms with Crippen LogP contribution in [0.1, 0.15) is 64.0 Å². The first-order chi connectivity index (χ1) is 9.71. The van der Waals surface area contributed by atoms with Crippen molar-refractivity contribution in [2.24, 2.45) is 5.92 Å². The molecule has 20 heavy (non-hydrogen) atoms. The van der Waals surface area contributed by atoms with Crippen molar-refractivity contribution < 1.29 is 0 Å². The molecule has 1 unspecified atom stereocenters. The lowest BCUT2D eigenvalue weighted by molar-refractivity contribution is 0.308. The average Bonchev–Trinajstić information content (AvgIpc) is 2.43. The van der Waals surface area contributed by atoms with E-state index >= 15 is 0 Å². The molecular weight excluding hydrogens is 242 g/mol. The Morgan fingerprint density at radius 1 is 1.00 bits per heavy atom. The van der Waals surface area contributed by atoms with Gasteiger partial charge in [-0.25, -0.2) is 0 Å². The minimum Gasteiger partial charge on any atom is -0.313 e. The molecule has 0 aliphatic heterocycles. The predicted octanol–water partition coefficient (Wildman–Crippen LogP) is 5.12. The van der Waals surface area contributed by atoms with Gasteiger partial charge in [0, 0.05) is 6.04 Å². The van der Waals surface area contributed by atoms with E-state index < -0.39 is 0 Å². The smallest absolute Gasteiger partial charge is 0.0136 e. The standard InChI is InChI=1S/C19H33N/c1-5-9-18(10-6-2)19(20-13-7-3)15-17-12-8-11-16(4)14-17/h8,11-12,14,18-20H,5-7,9-10,13,15H2,1-4H3. The van der Waals surface area contributed by atoms with Gasteiger partial charge in [-0.1, -0.05) is 63.4 Å². The normalized spacial score (nSPS) is 12.8. The van der Waals surface area contributed by atoms with Gasteiger partial charge >= 0.3 is 0 Å². The third-order valence-corrected chi connectivity index (χ3v) is 4.08. The predicted molar refractivity (Wildman–Crippen MR) is 90.3 cm³/mol. The summed E-state index contributed by atoms with van der Waals surface area (Å²) in [4.78, 5) is 0. The largest absolute Gasteiger partial charge is 0.313 e. The Kier molecular flexibility index (Phi) is 8.60. The van der Waals surface area contributed by atoms with E-state index in [4.69, 9.17) is 0 Å². The maximum Gasteiger partial charge on any atom is 0.0136 e. The summed E-state index contributed by atoms with van der Waals surface area (Å²) in [5.41, 5.74) is 2.86. The summed E-state index contributed by atoms with van der Waals surface area (Å²) in [6, 6.07) is 9.64. The highest BCUT2D eigenvalue weighted by Gasteiger charge is 2.19. The summed E-state index contributed by atoms with van der Waals surface area (Å²) in [6.07, 6.45) is 7.68. The number of nitrogens with one attached hydrogen (secondary N) is 1. The molecule has 0 aliphatic carbocycles. The SMILES string of the molecule is CCCNC(Cc1cccc(C)c1)C(CCC)CCC. The van der Waals surface area contributed by atoms with E-state index in [9.17, 15) is 0 Å². The van der Waals surface area contributed by atoms with Crippen LogP contribution in [-0.2, 0) is 6.42 Å². The first-order valence-electron chi connectivity index (χ1n) is 8.50. The highest BCUT2D eigenvalue weighted by molar-refractivity contribution is 5.23. The average molecular weight is 275 g/mol. The molecule has 1 N–H and O–H groups in total. The van der Waals surface area contributed by atoms with Gasteiger partial charge in [0.15, 0.2) is 0 Å². The molecular formula is C19H33N. The van der Waals surface area contributed by atoms with Crippen molar-refractivity contribution in [1.82, 2.24) is 5.32 Å². The zero-order valence-corrected chi connectivity index (χ0v) is 13.9. The Morgan fingerprint density at radius 2 is 1.70 bits per heavy atom. The van der Waals surface area contributed by atoms with Crippen LogP contribution in [0, 0.1) is 12.8 Å². The third-order valence-electron chi connectivity index (χ3n) is 4.08. The highest BCUT2D eigenvalue weighted by atomic mass is 14.9. The van der Waals surface area contributed by atoms with Crippen molar-refractivity contribution in [2.75, 3.05) is 6.54 Å². The summed E-state index contributed by atoms with van der Waals surface area (Å²) >= 11 is 0. The van der Waals surface area contributed by atoms with E-state index in [1.54, 1.807) is 0 Å². The van der Waals surface area contributed by atoms with Gasteiger partial charge in [0.1, 0.15) is 0 Å². The van der Waals surface area contributed by atoms with Crippen molar-refractivity contribution in [1.29, 1.82) is 0 Å². The van der Waals surface area contributed by atoms with Crippen molar-refractivity contribution in [2.45, 2.75) is 72.3 Å². The van der Waals surface area contributed by atoms with Crippen molar-refractivity contribution in [3.63, 3.8) is 0 Å². The summed E-state index contributed by atoms with van der Waals surface area (Å²) in [5, 5.41) is 3.81. The molecule has 0 amide bonds. The fourth-order valence-corrected chi connectivity index (χ4v) is 3.12. The van der Waals surface area contributed by atoms with Gasteiger partial charge in [0.25, 0.3) is 0 Å². The number of benzene rings is 1. The van der Waals surface area contributed by atoms with Crippen molar-refractivity contribution in [3.05, 3.63) is 35.4 Å². The first kappa shape index (κ1) is 17.2. The molecule has 0 aromatic heterocycles. The summed E-state index contributed by atoms with van der Waals surface area (Å²) < 4.78 is 0. The van der Waals surface area contributed by atoms with E-state index in [1.807, 2.05) is 0 Å². The van der Waals surface area contributed by atoms with Crippen LogP contribution in [0.25, 0.3) is 0 Å². The Bertz CT molecular complexity index is 353. The second-order valence-electron chi connectivity index (χ2n) is 6.09. The lowest BCUT2D eigenvalue weighted by Crippen LogP contribution is -2.38. The van der Waals surface area contributed by atoms with Gasteiger partial charge in [-0.2, -0.15) is 0 Å². The molecule has 114 valence electrons. The van der Waals surface area contributed by atoms with Gasteiger partial charge in [-0.3, -0.25) is 0 Å². The molecule has 0 bridgehead atoms. The Morgan fingerprint density at radius 3 is 2.25 bits per heavy atom. The van der Waals surface area contributed by atoms with Crippen LogP contribution >= 0.6 is 0 Å². The summed E-state index contributed by atoms with van der Waals surface area (Å²) in [6.45, 7) is 10.2. The minimum absolute atomic E-state index is 0.636. The molecule has 1 nitrogen and oxygen atoms in total. The Balaban J connectivity index is 2.75. The van der Waals surface area contributed by atoms with Gasteiger partial charge < -0.3 is 5.32 Å². The van der Waals surface area contributed by atoms with Crippen LogP contribution in [-0.4, -0.2) is 12.6 Å². The lowest BCUT2D eigenvalue weighted by atomic mass is 9.86. The number of aryl methyl sites for hydroxylation is 1. The van der Waals surface area contributed by atoms with E-state index in [-0.39, 0.29) is 0 Å². The molecule has 0 radical (unpaired) electrons. The van der Waals surface area contributed by atoms with Crippen LogP contribution in [0.3, 0.4) is 0 Å². The molecule has 0 fully saturated rings.